The van der Waals surface area contributed by atoms with Crippen molar-refractivity contribution in [1.29, 1.82) is 0 Å². The number of hydrogen-bond donors (Lipinski definition) is 0. The summed E-state index contributed by atoms with van der Waals surface area (Å²) >= 11 is 0. The topological polar surface area (TPSA) is 0 Å². The molecule has 0 radical (unpaired) electrons. The third kappa shape index (κ3) is 1.25. The maximum Gasteiger partial charge on any atom is -0.0295 e. The standard InChI is InChI=1S/C13H24/c1-12(2,3)10-7-6-9-8-11(10)13(9,4)5/h9-11H,6-8H2,1-5H3/t9-,10-,11-/m0/s1. The van der Waals surface area contributed by atoms with Crippen LogP contribution in [-0.2, 0) is 0 Å². The van der Waals surface area contributed by atoms with Gasteiger partial charge in [-0.05, 0) is 47.8 Å². The smallest absolute Gasteiger partial charge is 0.0295 e. The Hall–Kier alpha value is 0. The van der Waals surface area contributed by atoms with E-state index in [2.05, 4.69) is 34.6 Å². The van der Waals surface area contributed by atoms with Crippen molar-refractivity contribution < 1.29 is 0 Å². The minimum Gasteiger partial charge on any atom is -0.0599 e. The lowest BCUT2D eigenvalue weighted by Gasteiger charge is -2.62. The van der Waals surface area contributed by atoms with E-state index in [9.17, 15) is 0 Å². The van der Waals surface area contributed by atoms with Gasteiger partial charge in [-0.3, -0.25) is 0 Å². The van der Waals surface area contributed by atoms with Gasteiger partial charge in [0.1, 0.15) is 0 Å². The molecule has 0 aliphatic heterocycles. The van der Waals surface area contributed by atoms with Gasteiger partial charge >= 0.3 is 0 Å². The third-order valence-electron chi connectivity index (χ3n) is 4.97. The van der Waals surface area contributed by atoms with Crippen LogP contribution in [0.4, 0.5) is 0 Å². The second-order valence-electron chi connectivity index (χ2n) is 6.91. The Kier molecular flexibility index (Phi) is 1.85. The van der Waals surface area contributed by atoms with E-state index in [1.54, 1.807) is 0 Å². The van der Waals surface area contributed by atoms with E-state index in [1.807, 2.05) is 0 Å². The van der Waals surface area contributed by atoms with Crippen LogP contribution in [0.3, 0.4) is 0 Å². The Morgan fingerprint density at radius 2 is 1.69 bits per heavy atom. The van der Waals surface area contributed by atoms with Gasteiger partial charge in [0.05, 0.1) is 0 Å². The molecular formula is C13H24. The Bertz CT molecular complexity index is 205. The normalized spacial score (nSPS) is 42.7. The fourth-order valence-electron chi connectivity index (χ4n) is 3.85. The van der Waals surface area contributed by atoms with Crippen LogP contribution in [-0.4, -0.2) is 0 Å². The summed E-state index contributed by atoms with van der Waals surface area (Å²) in [5.41, 5.74) is 1.20. The minimum absolute atomic E-state index is 0.535. The minimum atomic E-state index is 0.535. The first-order valence-corrected chi connectivity index (χ1v) is 5.83. The van der Waals surface area contributed by atoms with Gasteiger partial charge in [-0.25, -0.2) is 0 Å². The zero-order chi connectivity index (χ0) is 9.85. The summed E-state index contributed by atoms with van der Waals surface area (Å²) in [5.74, 6) is 3.05. The molecule has 3 aliphatic carbocycles. The molecule has 0 unspecified atom stereocenters. The molecule has 3 aliphatic rings. The molecular weight excluding hydrogens is 156 g/mol. The first-order chi connectivity index (χ1) is 5.83. The average molecular weight is 180 g/mol. The molecule has 3 rings (SSSR count). The molecule has 3 fully saturated rings. The Morgan fingerprint density at radius 3 is 2.00 bits per heavy atom. The van der Waals surface area contributed by atoms with Crippen LogP contribution in [0.2, 0.25) is 0 Å². The van der Waals surface area contributed by atoms with E-state index < -0.39 is 0 Å². The molecule has 0 saturated heterocycles. The Morgan fingerprint density at radius 1 is 1.08 bits per heavy atom. The highest BCUT2D eigenvalue weighted by Gasteiger charge is 2.56. The lowest BCUT2D eigenvalue weighted by molar-refractivity contribution is -0.134. The van der Waals surface area contributed by atoms with Crippen LogP contribution in [0.25, 0.3) is 0 Å². The second kappa shape index (κ2) is 2.52. The monoisotopic (exact) mass is 180 g/mol. The van der Waals surface area contributed by atoms with Crippen LogP contribution in [0.5, 0.6) is 0 Å². The van der Waals surface area contributed by atoms with Crippen LogP contribution in [0.15, 0.2) is 0 Å². The summed E-state index contributed by atoms with van der Waals surface area (Å²) in [6, 6.07) is 0. The molecule has 3 saturated carbocycles. The molecule has 0 aromatic rings. The first kappa shape index (κ1) is 9.55. The average Bonchev–Trinajstić information content (AvgIpc) is 2.02. The fraction of sp³-hybridized carbons (Fsp3) is 1.00. The molecule has 0 nitrogen and oxygen atoms in total. The van der Waals surface area contributed by atoms with Gasteiger partial charge < -0.3 is 0 Å². The quantitative estimate of drug-likeness (QED) is 0.526. The van der Waals surface area contributed by atoms with Crippen LogP contribution >= 0.6 is 0 Å². The van der Waals surface area contributed by atoms with Crippen LogP contribution < -0.4 is 0 Å². The molecule has 3 atom stereocenters. The highest BCUT2D eigenvalue weighted by molar-refractivity contribution is 5.05. The maximum atomic E-state index is 2.49. The summed E-state index contributed by atoms with van der Waals surface area (Å²) in [5, 5.41) is 0. The number of fused-ring (bicyclic) bond motifs is 2. The molecule has 0 heterocycles. The van der Waals surface area contributed by atoms with Gasteiger partial charge in [-0.2, -0.15) is 0 Å². The molecule has 0 aromatic heterocycles. The number of rotatable bonds is 0. The van der Waals surface area contributed by atoms with E-state index in [4.69, 9.17) is 0 Å². The summed E-state index contributed by atoms with van der Waals surface area (Å²) in [7, 11) is 0. The van der Waals surface area contributed by atoms with Gasteiger partial charge in [0.25, 0.3) is 0 Å². The summed E-state index contributed by atoms with van der Waals surface area (Å²) in [6.07, 6.45) is 4.50. The molecule has 0 spiro atoms. The van der Waals surface area contributed by atoms with E-state index in [0.717, 1.165) is 17.8 Å². The Balaban J connectivity index is 2.16. The summed E-state index contributed by atoms with van der Waals surface area (Å²) in [4.78, 5) is 0. The van der Waals surface area contributed by atoms with Gasteiger partial charge in [0, 0.05) is 0 Å². The molecule has 13 heavy (non-hydrogen) atoms. The first-order valence-electron chi connectivity index (χ1n) is 5.83. The molecule has 0 aromatic carbocycles. The third-order valence-corrected chi connectivity index (χ3v) is 4.97. The SMILES string of the molecule is CC(C)(C)[C@H]1CC[C@H]2C[C@@H]1C2(C)C. The largest absolute Gasteiger partial charge is 0.0599 e. The van der Waals surface area contributed by atoms with Crippen molar-refractivity contribution in [3.63, 3.8) is 0 Å². The van der Waals surface area contributed by atoms with Crippen molar-refractivity contribution >= 4 is 0 Å². The maximum absolute atomic E-state index is 2.49. The molecule has 0 heteroatoms. The molecule has 0 N–H and O–H groups in total. The lowest BCUT2D eigenvalue weighted by Crippen LogP contribution is -2.55. The molecule has 76 valence electrons. The fourth-order valence-corrected chi connectivity index (χ4v) is 3.85. The Labute approximate surface area is 83.1 Å². The van der Waals surface area contributed by atoms with Crippen LogP contribution in [0, 0.1) is 28.6 Å². The molecule has 0 amide bonds. The van der Waals surface area contributed by atoms with Crippen molar-refractivity contribution in [2.45, 2.75) is 53.9 Å². The van der Waals surface area contributed by atoms with Gasteiger partial charge in [0.2, 0.25) is 0 Å². The van der Waals surface area contributed by atoms with Gasteiger partial charge in [0.15, 0.2) is 0 Å². The lowest BCUT2D eigenvalue weighted by atomic mass is 9.42. The van der Waals surface area contributed by atoms with Crippen molar-refractivity contribution in [3.8, 4) is 0 Å². The second-order valence-corrected chi connectivity index (χ2v) is 6.91. The van der Waals surface area contributed by atoms with Crippen molar-refractivity contribution in [2.24, 2.45) is 28.6 Å². The van der Waals surface area contributed by atoms with E-state index >= 15 is 0 Å². The van der Waals surface area contributed by atoms with Gasteiger partial charge in [-0.1, -0.05) is 34.6 Å². The predicted octanol–water partition coefficient (Wildman–Crippen LogP) is 4.10. The van der Waals surface area contributed by atoms with Crippen molar-refractivity contribution in [2.75, 3.05) is 0 Å². The summed E-state index contributed by atoms with van der Waals surface area (Å²) < 4.78 is 0. The van der Waals surface area contributed by atoms with E-state index in [1.165, 1.54) is 19.3 Å². The van der Waals surface area contributed by atoms with Gasteiger partial charge in [-0.15, -0.1) is 0 Å². The van der Waals surface area contributed by atoms with E-state index in [0.29, 0.717) is 10.8 Å². The zero-order valence-corrected chi connectivity index (χ0v) is 9.85. The van der Waals surface area contributed by atoms with Crippen molar-refractivity contribution in [3.05, 3.63) is 0 Å². The highest BCUT2D eigenvalue weighted by atomic mass is 14.6. The zero-order valence-electron chi connectivity index (χ0n) is 9.85. The highest BCUT2D eigenvalue weighted by Crippen LogP contribution is 2.64. The summed E-state index contributed by atoms with van der Waals surface area (Å²) in [6.45, 7) is 12.2. The predicted molar refractivity (Wildman–Crippen MR) is 57.6 cm³/mol. The van der Waals surface area contributed by atoms with E-state index in [-0.39, 0.29) is 0 Å². The number of hydrogen-bond acceptors (Lipinski definition) is 0. The molecule has 2 bridgehead atoms. The van der Waals surface area contributed by atoms with Crippen molar-refractivity contribution in [1.82, 2.24) is 0 Å². The van der Waals surface area contributed by atoms with Crippen LogP contribution in [0.1, 0.15) is 53.9 Å².